The maximum absolute atomic E-state index is 10.9. The molecule has 3 aromatic rings. The van der Waals surface area contributed by atoms with Crippen molar-refractivity contribution in [3.05, 3.63) is 74.2 Å². The fourth-order valence-corrected chi connectivity index (χ4v) is 6.26. The van der Waals surface area contributed by atoms with Crippen molar-refractivity contribution in [2.24, 2.45) is 4.99 Å². The maximum atomic E-state index is 10.9. The third kappa shape index (κ3) is 7.27. The van der Waals surface area contributed by atoms with Gasteiger partial charge in [0.05, 0.1) is 27.3 Å². The number of piperazine rings is 1. The molecule has 1 aromatic heterocycles. The van der Waals surface area contributed by atoms with E-state index in [0.29, 0.717) is 10.0 Å². The maximum Gasteiger partial charge on any atom is 0.186 e. The minimum Gasteiger partial charge on any atom is -0.347 e. The van der Waals surface area contributed by atoms with Gasteiger partial charge in [-0.15, -0.1) is 0 Å². The molecule has 2 aromatic carbocycles. The Balaban J connectivity index is 0.000000266. The molecule has 1 saturated heterocycles. The molecule has 200 valence electrons. The number of amidine groups is 1. The SMILES string of the molecule is CC.CN=C(c1c(Cl)cccc1Cl)N1CCN(c2ncc(Cl)s2)CC12CC2.Cc1ccc(S(C)=O)cc1. The van der Waals surface area contributed by atoms with Gasteiger partial charge < -0.3 is 9.80 Å². The number of anilines is 1. The molecule has 1 atom stereocenters. The summed E-state index contributed by atoms with van der Waals surface area (Å²) in [5.74, 6) is 0.880. The molecule has 1 saturated carbocycles. The van der Waals surface area contributed by atoms with Crippen LogP contribution in [0.5, 0.6) is 0 Å². The largest absolute Gasteiger partial charge is 0.347 e. The topological polar surface area (TPSA) is 48.8 Å². The summed E-state index contributed by atoms with van der Waals surface area (Å²) >= 11 is 20.5. The number of hydrogen-bond acceptors (Lipinski definition) is 5. The second-order valence-electron chi connectivity index (χ2n) is 8.66. The summed E-state index contributed by atoms with van der Waals surface area (Å²) in [4.78, 5) is 14.6. The van der Waals surface area contributed by atoms with Crippen molar-refractivity contribution < 1.29 is 4.21 Å². The van der Waals surface area contributed by atoms with E-state index in [4.69, 9.17) is 34.8 Å². The van der Waals surface area contributed by atoms with Crippen molar-refractivity contribution in [2.45, 2.75) is 44.0 Å². The summed E-state index contributed by atoms with van der Waals surface area (Å²) in [5.41, 5.74) is 2.10. The fraction of sp³-hybridized carbons (Fsp3) is 0.407. The van der Waals surface area contributed by atoms with Crippen LogP contribution in [0.2, 0.25) is 14.4 Å². The predicted molar refractivity (Wildman–Crippen MR) is 162 cm³/mol. The number of benzene rings is 2. The fourth-order valence-electron chi connectivity index (χ4n) is 4.24. The van der Waals surface area contributed by atoms with Crippen LogP contribution in [-0.2, 0) is 10.8 Å². The van der Waals surface area contributed by atoms with Gasteiger partial charge in [-0.2, -0.15) is 0 Å². The number of nitrogens with zero attached hydrogens (tertiary/aromatic N) is 4. The van der Waals surface area contributed by atoms with Gasteiger partial charge in [0.15, 0.2) is 5.13 Å². The van der Waals surface area contributed by atoms with Crippen molar-refractivity contribution in [3.8, 4) is 0 Å². The minimum atomic E-state index is -0.837. The highest BCUT2D eigenvalue weighted by molar-refractivity contribution is 7.84. The number of aryl methyl sites for hydroxylation is 1. The molecular weight excluding hydrogens is 567 g/mol. The number of thiazole rings is 1. The molecule has 2 heterocycles. The van der Waals surface area contributed by atoms with Crippen molar-refractivity contribution in [1.29, 1.82) is 0 Å². The zero-order valence-electron chi connectivity index (χ0n) is 21.8. The van der Waals surface area contributed by atoms with Crippen LogP contribution in [0.1, 0.15) is 37.8 Å². The van der Waals surface area contributed by atoms with Crippen molar-refractivity contribution in [2.75, 3.05) is 37.8 Å². The minimum absolute atomic E-state index is 0.0771. The Labute approximate surface area is 241 Å². The Hall–Kier alpha value is -1.64. The van der Waals surface area contributed by atoms with E-state index >= 15 is 0 Å². The van der Waals surface area contributed by atoms with Gasteiger partial charge in [-0.05, 0) is 44.0 Å². The van der Waals surface area contributed by atoms with Crippen LogP contribution in [-0.4, -0.2) is 58.4 Å². The second-order valence-corrected chi connectivity index (χ2v) is 12.5. The van der Waals surface area contributed by atoms with E-state index in [1.807, 2.05) is 63.2 Å². The van der Waals surface area contributed by atoms with E-state index in [-0.39, 0.29) is 5.54 Å². The van der Waals surface area contributed by atoms with E-state index in [2.05, 4.69) is 19.8 Å². The molecule has 5 rings (SSSR count). The van der Waals surface area contributed by atoms with Crippen LogP contribution in [0, 0.1) is 6.92 Å². The lowest BCUT2D eigenvalue weighted by molar-refractivity contribution is 0.260. The van der Waals surface area contributed by atoms with Crippen molar-refractivity contribution in [3.63, 3.8) is 0 Å². The molecule has 1 spiro atoms. The third-order valence-corrected chi connectivity index (χ3v) is 8.96. The molecule has 0 bridgehead atoms. The number of aliphatic imine (C=N–C) groups is 1. The van der Waals surface area contributed by atoms with E-state index in [9.17, 15) is 4.21 Å². The summed E-state index contributed by atoms with van der Waals surface area (Å²) in [6.07, 6.45) is 5.66. The monoisotopic (exact) mass is 598 g/mol. The zero-order chi connectivity index (χ0) is 27.2. The first-order valence-electron chi connectivity index (χ1n) is 12.2. The van der Waals surface area contributed by atoms with Crippen LogP contribution >= 0.6 is 46.1 Å². The molecule has 0 amide bonds. The molecule has 2 fully saturated rings. The van der Waals surface area contributed by atoms with Gasteiger partial charge in [-0.1, -0.05) is 83.7 Å². The molecule has 0 N–H and O–H groups in total. The highest BCUT2D eigenvalue weighted by Crippen LogP contribution is 2.47. The first-order chi connectivity index (χ1) is 17.7. The molecule has 5 nitrogen and oxygen atoms in total. The Kier molecular flexibility index (Phi) is 10.9. The first-order valence-corrected chi connectivity index (χ1v) is 15.7. The highest BCUT2D eigenvalue weighted by atomic mass is 35.5. The lowest BCUT2D eigenvalue weighted by Gasteiger charge is -2.44. The van der Waals surface area contributed by atoms with Crippen LogP contribution in [0.4, 0.5) is 5.13 Å². The Morgan fingerprint density at radius 3 is 2.16 bits per heavy atom. The summed E-state index contributed by atoms with van der Waals surface area (Å²) in [7, 11) is 0.966. The van der Waals surface area contributed by atoms with Crippen LogP contribution in [0.15, 0.2) is 58.5 Å². The Morgan fingerprint density at radius 2 is 1.68 bits per heavy atom. The molecule has 10 heteroatoms. The number of halogens is 3. The molecule has 1 aliphatic carbocycles. The number of hydrogen-bond donors (Lipinski definition) is 0. The van der Waals surface area contributed by atoms with E-state index < -0.39 is 10.8 Å². The van der Waals surface area contributed by atoms with Crippen LogP contribution < -0.4 is 4.90 Å². The summed E-state index contributed by atoms with van der Waals surface area (Å²) in [6.45, 7) is 8.65. The van der Waals surface area contributed by atoms with Gasteiger partial charge >= 0.3 is 0 Å². The van der Waals surface area contributed by atoms with Crippen molar-refractivity contribution >= 4 is 67.9 Å². The van der Waals surface area contributed by atoms with Gasteiger partial charge in [0, 0.05) is 48.6 Å². The van der Waals surface area contributed by atoms with E-state index in [0.717, 1.165) is 58.2 Å². The van der Waals surface area contributed by atoms with E-state index in [1.165, 1.54) is 16.9 Å². The summed E-state index contributed by atoms with van der Waals surface area (Å²) in [6, 6.07) is 13.3. The van der Waals surface area contributed by atoms with Gasteiger partial charge in [0.1, 0.15) is 10.2 Å². The predicted octanol–water partition coefficient (Wildman–Crippen LogP) is 7.59. The molecule has 1 unspecified atom stereocenters. The quantitative estimate of drug-likeness (QED) is 0.230. The molecule has 2 aliphatic rings. The highest BCUT2D eigenvalue weighted by Gasteiger charge is 2.53. The van der Waals surface area contributed by atoms with Gasteiger partial charge in [-0.3, -0.25) is 9.20 Å². The molecule has 1 aliphatic heterocycles. The van der Waals surface area contributed by atoms with E-state index in [1.54, 1.807) is 19.5 Å². The van der Waals surface area contributed by atoms with Gasteiger partial charge in [0.2, 0.25) is 0 Å². The average molecular weight is 600 g/mol. The zero-order valence-corrected chi connectivity index (χ0v) is 25.7. The normalized spacial score (nSPS) is 16.9. The standard InChI is InChI=1S/C17H17Cl3N4S.C8H10OS.C2H6/c1-21-15(14-11(18)3-2-4-12(14)19)24-8-7-23(10-17(24)5-6-17)16-22-9-13(20)25-16;1-7-3-5-8(6-4-7)10(2)9;1-2/h2-4,9H,5-8,10H2,1H3;3-6H,1-2H3;1-2H3. The van der Waals surface area contributed by atoms with Crippen LogP contribution in [0.3, 0.4) is 0 Å². The smallest absolute Gasteiger partial charge is 0.186 e. The molecule has 0 radical (unpaired) electrons. The third-order valence-electron chi connectivity index (χ3n) is 6.22. The number of aromatic nitrogens is 1. The van der Waals surface area contributed by atoms with Crippen LogP contribution in [0.25, 0.3) is 0 Å². The Morgan fingerprint density at radius 1 is 1.05 bits per heavy atom. The van der Waals surface area contributed by atoms with Gasteiger partial charge in [0.25, 0.3) is 0 Å². The first kappa shape index (κ1) is 29.9. The molecular formula is C27H33Cl3N4OS2. The lowest BCUT2D eigenvalue weighted by atomic mass is 10.1. The molecule has 37 heavy (non-hydrogen) atoms. The lowest BCUT2D eigenvalue weighted by Crippen LogP contribution is -2.57. The van der Waals surface area contributed by atoms with Crippen molar-refractivity contribution in [1.82, 2.24) is 9.88 Å². The average Bonchev–Trinajstić information content (AvgIpc) is 3.51. The number of rotatable bonds is 3. The Bertz CT molecular complexity index is 1220. The summed E-state index contributed by atoms with van der Waals surface area (Å²) < 4.78 is 11.6. The van der Waals surface area contributed by atoms with Gasteiger partial charge in [-0.25, -0.2) is 4.98 Å². The summed E-state index contributed by atoms with van der Waals surface area (Å²) in [5, 5.41) is 2.26. The second kappa shape index (κ2) is 13.4.